The normalized spacial score (nSPS) is 14.7. The lowest BCUT2D eigenvalue weighted by Crippen LogP contribution is -2.36. The van der Waals surface area contributed by atoms with Gasteiger partial charge in [0, 0.05) is 24.8 Å². The Balaban J connectivity index is 1.57. The van der Waals surface area contributed by atoms with Gasteiger partial charge in [-0.25, -0.2) is 18.6 Å². The number of morpholine rings is 1. The van der Waals surface area contributed by atoms with Crippen molar-refractivity contribution in [3.8, 4) is 11.1 Å². The summed E-state index contributed by atoms with van der Waals surface area (Å²) in [5.41, 5.74) is 1.17. The van der Waals surface area contributed by atoms with Crippen LogP contribution in [0.1, 0.15) is 42.5 Å². The van der Waals surface area contributed by atoms with E-state index in [2.05, 4.69) is 20.5 Å². The number of rotatable bonds is 5. The quantitative estimate of drug-likeness (QED) is 0.271. The topological polar surface area (TPSA) is 150 Å². The van der Waals surface area contributed by atoms with E-state index in [4.69, 9.17) is 4.74 Å². The number of halogens is 2. The molecular weight excluding hydrogens is 528 g/mol. The van der Waals surface area contributed by atoms with E-state index in [-0.39, 0.29) is 16.9 Å². The minimum atomic E-state index is -3.26. The first-order valence-electron chi connectivity index (χ1n) is 12.5. The Morgan fingerprint density at radius 1 is 1.10 bits per heavy atom. The molecule has 5 rings (SSSR count). The lowest BCUT2D eigenvalue weighted by atomic mass is 10.00. The van der Waals surface area contributed by atoms with Crippen LogP contribution in [0.2, 0.25) is 0 Å². The minimum absolute atomic E-state index is 0.180. The lowest BCUT2D eigenvalue weighted by Gasteiger charge is -2.29. The number of nitrogens with one attached hydrogen (secondary N) is 1. The van der Waals surface area contributed by atoms with Crippen molar-refractivity contribution in [3.05, 3.63) is 59.3 Å². The van der Waals surface area contributed by atoms with Crippen LogP contribution in [0.15, 0.2) is 30.6 Å². The first-order valence-corrected chi connectivity index (χ1v) is 12.5. The van der Waals surface area contributed by atoms with Crippen LogP contribution in [0.3, 0.4) is 0 Å². The summed E-state index contributed by atoms with van der Waals surface area (Å²) in [6, 6.07) is 4.43. The van der Waals surface area contributed by atoms with Gasteiger partial charge < -0.3 is 30.3 Å². The third-order valence-corrected chi connectivity index (χ3v) is 6.53. The summed E-state index contributed by atoms with van der Waals surface area (Å²) in [4.78, 5) is 19.0. The first kappa shape index (κ1) is 27.6. The molecule has 4 heterocycles. The van der Waals surface area contributed by atoms with E-state index in [0.717, 1.165) is 10.9 Å². The Kier molecular flexibility index (Phi) is 6.82. The van der Waals surface area contributed by atoms with Crippen LogP contribution < -0.4 is 10.2 Å². The highest BCUT2D eigenvalue weighted by atomic mass is 19.1. The Hall–Kier alpha value is -3.98. The van der Waals surface area contributed by atoms with Crippen molar-refractivity contribution in [1.29, 1.82) is 0 Å². The molecule has 14 heteroatoms. The number of anilines is 2. The summed E-state index contributed by atoms with van der Waals surface area (Å²) in [6.07, 6.45) is 2.62. The number of aliphatic hydroxyl groups is 3. The van der Waals surface area contributed by atoms with Gasteiger partial charge in [-0.3, -0.25) is 4.79 Å². The summed E-state index contributed by atoms with van der Waals surface area (Å²) in [5, 5.41) is 39.4. The molecule has 4 N–H and O–H groups in total. The zero-order valence-electron chi connectivity index (χ0n) is 22.3. The highest BCUT2D eigenvalue weighted by molar-refractivity contribution is 6.04. The molecule has 1 aliphatic heterocycles. The van der Waals surface area contributed by atoms with Gasteiger partial charge in [0.1, 0.15) is 11.4 Å². The van der Waals surface area contributed by atoms with Gasteiger partial charge in [0.25, 0.3) is 5.91 Å². The second kappa shape index (κ2) is 9.89. The standard InChI is InChI=1S/C26H29F2N7O5/c1-14-9-18(27)19(30-23(36)17-12-29-35(21(17)28)25(2,3)4)11-16(14)15-10-20(33-5-7-40-8-6-33)22-31-24(26(37,38)39)32-34(22)13-15/h9-13,37-39H,5-8H2,1-4H3,(H,30,36). The van der Waals surface area contributed by atoms with Crippen LogP contribution in [-0.2, 0) is 16.2 Å². The fraction of sp³-hybridized carbons (Fsp3) is 0.385. The smallest absolute Gasteiger partial charge is 0.342 e. The zero-order valence-corrected chi connectivity index (χ0v) is 22.3. The Morgan fingerprint density at radius 2 is 1.80 bits per heavy atom. The van der Waals surface area contributed by atoms with Gasteiger partial charge in [-0.2, -0.15) is 9.49 Å². The maximum Gasteiger partial charge on any atom is 0.342 e. The Bertz CT molecular complexity index is 1600. The number of nitrogens with zero attached hydrogens (tertiary/aromatic N) is 6. The molecule has 1 fully saturated rings. The summed E-state index contributed by atoms with van der Waals surface area (Å²) in [5.74, 6) is -6.30. The molecule has 1 amide bonds. The number of benzene rings is 1. The molecule has 4 aromatic rings. The maximum absolute atomic E-state index is 15.0. The van der Waals surface area contributed by atoms with Gasteiger partial charge in [-0.1, -0.05) is 0 Å². The van der Waals surface area contributed by atoms with E-state index in [9.17, 15) is 24.5 Å². The number of ether oxygens (including phenoxy) is 1. The van der Waals surface area contributed by atoms with Crippen molar-refractivity contribution >= 4 is 22.9 Å². The zero-order chi connectivity index (χ0) is 29.0. The third kappa shape index (κ3) is 5.13. The second-order valence-electron chi connectivity index (χ2n) is 10.6. The molecule has 0 saturated carbocycles. The van der Waals surface area contributed by atoms with Crippen LogP contribution in [0.25, 0.3) is 16.8 Å². The van der Waals surface area contributed by atoms with Gasteiger partial charge in [0.05, 0.1) is 36.3 Å². The predicted molar refractivity (Wildman–Crippen MR) is 140 cm³/mol. The fourth-order valence-corrected chi connectivity index (χ4v) is 4.52. The molecular formula is C26H29F2N7O5. The summed E-state index contributed by atoms with van der Waals surface area (Å²) in [7, 11) is 0. The number of amides is 1. The van der Waals surface area contributed by atoms with Crippen molar-refractivity contribution in [2.24, 2.45) is 0 Å². The van der Waals surface area contributed by atoms with Gasteiger partial charge >= 0.3 is 5.97 Å². The second-order valence-corrected chi connectivity index (χ2v) is 10.6. The van der Waals surface area contributed by atoms with Gasteiger partial charge in [0.2, 0.25) is 11.8 Å². The minimum Gasteiger partial charge on any atom is -0.378 e. The van der Waals surface area contributed by atoms with Crippen LogP contribution >= 0.6 is 0 Å². The monoisotopic (exact) mass is 557 g/mol. The van der Waals surface area contributed by atoms with Crippen LogP contribution in [0.5, 0.6) is 0 Å². The maximum atomic E-state index is 15.0. The van der Waals surface area contributed by atoms with E-state index in [1.54, 1.807) is 33.8 Å². The van der Waals surface area contributed by atoms with Crippen molar-refractivity contribution in [3.63, 3.8) is 0 Å². The Morgan fingerprint density at radius 3 is 2.42 bits per heavy atom. The number of fused-ring (bicyclic) bond motifs is 1. The third-order valence-electron chi connectivity index (χ3n) is 6.53. The number of aromatic nitrogens is 5. The summed E-state index contributed by atoms with van der Waals surface area (Å²) < 4.78 is 37.7. The van der Waals surface area contributed by atoms with Crippen LogP contribution in [0.4, 0.5) is 20.2 Å². The average Bonchev–Trinajstić information content (AvgIpc) is 3.49. The van der Waals surface area contributed by atoms with Crippen LogP contribution in [-0.4, -0.2) is 71.9 Å². The molecule has 12 nitrogen and oxygen atoms in total. The largest absolute Gasteiger partial charge is 0.378 e. The Labute approximate surface area is 227 Å². The molecule has 212 valence electrons. The predicted octanol–water partition coefficient (Wildman–Crippen LogP) is 2.11. The fourth-order valence-electron chi connectivity index (χ4n) is 4.52. The molecule has 0 radical (unpaired) electrons. The van der Waals surface area contributed by atoms with E-state index < -0.39 is 35.0 Å². The number of hydrogen-bond donors (Lipinski definition) is 4. The molecule has 1 saturated heterocycles. The van der Waals surface area contributed by atoms with E-state index in [1.165, 1.54) is 22.8 Å². The lowest BCUT2D eigenvalue weighted by molar-refractivity contribution is -0.328. The van der Waals surface area contributed by atoms with Gasteiger partial charge in [0.15, 0.2) is 5.65 Å². The van der Waals surface area contributed by atoms with Crippen LogP contribution in [0, 0.1) is 18.7 Å². The number of pyridine rings is 1. The molecule has 40 heavy (non-hydrogen) atoms. The number of aryl methyl sites for hydroxylation is 1. The molecule has 0 unspecified atom stereocenters. The van der Waals surface area contributed by atoms with E-state index >= 15 is 4.39 Å². The summed E-state index contributed by atoms with van der Waals surface area (Å²) >= 11 is 0. The SMILES string of the molecule is Cc1cc(F)c(NC(=O)c2cnn(C(C)(C)C)c2F)cc1-c1cc(N2CCOCC2)c2nc(C(O)(O)O)nn2c1. The van der Waals surface area contributed by atoms with E-state index in [1.807, 2.05) is 4.90 Å². The number of hydrogen-bond acceptors (Lipinski definition) is 9. The van der Waals surface area contributed by atoms with Gasteiger partial charge in [-0.05, 0) is 57.0 Å². The van der Waals surface area contributed by atoms with E-state index in [0.29, 0.717) is 48.7 Å². The van der Waals surface area contributed by atoms with Crippen molar-refractivity contribution in [2.45, 2.75) is 39.2 Å². The molecule has 0 aliphatic carbocycles. The molecule has 3 aromatic heterocycles. The van der Waals surface area contributed by atoms with Crippen molar-refractivity contribution in [2.75, 3.05) is 36.5 Å². The number of carbonyl (C=O) groups excluding carboxylic acids is 1. The molecule has 1 aliphatic rings. The van der Waals surface area contributed by atoms with Gasteiger partial charge in [-0.15, -0.1) is 5.10 Å². The average molecular weight is 558 g/mol. The highest BCUT2D eigenvalue weighted by Gasteiger charge is 2.30. The van der Waals surface area contributed by atoms with Crippen molar-refractivity contribution < 1.29 is 33.6 Å². The molecule has 0 spiro atoms. The highest BCUT2D eigenvalue weighted by Crippen LogP contribution is 2.34. The number of carbonyl (C=O) groups is 1. The van der Waals surface area contributed by atoms with Crippen molar-refractivity contribution in [1.82, 2.24) is 24.4 Å². The molecule has 1 aromatic carbocycles. The molecule has 0 atom stereocenters. The summed E-state index contributed by atoms with van der Waals surface area (Å²) in [6.45, 7) is 8.82. The first-order chi connectivity index (χ1) is 18.7. The molecule has 0 bridgehead atoms.